The molecule has 1 aromatic rings. The second-order valence-corrected chi connectivity index (χ2v) is 4.64. The van der Waals surface area contributed by atoms with Gasteiger partial charge in [-0.25, -0.2) is 4.98 Å². The van der Waals surface area contributed by atoms with Crippen molar-refractivity contribution in [3.63, 3.8) is 0 Å². The number of hydrogen-bond donors (Lipinski definition) is 3. The third kappa shape index (κ3) is 3.32. The third-order valence-corrected chi connectivity index (χ3v) is 3.27. The molecule has 0 aromatic carbocycles. The van der Waals surface area contributed by atoms with E-state index in [1.165, 1.54) is 0 Å². The van der Waals surface area contributed by atoms with Crippen molar-refractivity contribution in [2.75, 3.05) is 13.2 Å². The molecule has 0 aliphatic rings. The Kier molecular flexibility index (Phi) is 4.96. The van der Waals surface area contributed by atoms with Gasteiger partial charge in [-0.3, -0.25) is 0 Å². The molecule has 0 aliphatic carbocycles. The fourth-order valence-corrected chi connectivity index (χ4v) is 1.56. The van der Waals surface area contributed by atoms with Crippen LogP contribution in [0.4, 0.5) is 0 Å². The maximum Gasteiger partial charge on any atom is 0.123 e. The number of aliphatic hydroxyl groups excluding tert-OH is 1. The zero-order valence-electron chi connectivity index (χ0n) is 10.5. The van der Waals surface area contributed by atoms with E-state index >= 15 is 0 Å². The molecule has 92 valence electrons. The minimum absolute atomic E-state index is 0.0417. The largest absolute Gasteiger partial charge is 0.396 e. The molecule has 0 bridgehead atoms. The summed E-state index contributed by atoms with van der Waals surface area (Å²) in [6, 6.07) is 0.243. The molecule has 0 saturated carbocycles. The van der Waals surface area contributed by atoms with Crippen LogP contribution in [0.1, 0.15) is 45.5 Å². The first-order valence-corrected chi connectivity index (χ1v) is 5.98. The molecule has 0 aliphatic heterocycles. The zero-order valence-corrected chi connectivity index (χ0v) is 10.5. The second-order valence-electron chi connectivity index (χ2n) is 4.64. The van der Waals surface area contributed by atoms with Crippen LogP contribution >= 0.6 is 0 Å². The number of nitrogens with one attached hydrogen (secondary N) is 2. The van der Waals surface area contributed by atoms with E-state index in [2.05, 4.69) is 36.1 Å². The monoisotopic (exact) mass is 225 g/mol. The summed E-state index contributed by atoms with van der Waals surface area (Å²) in [5.41, 5.74) is -0.0417. The molecule has 1 aromatic heterocycles. The highest BCUT2D eigenvalue weighted by Gasteiger charge is 2.22. The van der Waals surface area contributed by atoms with Gasteiger partial charge in [-0.15, -0.1) is 0 Å². The van der Waals surface area contributed by atoms with Crippen LogP contribution in [0, 0.1) is 5.41 Å². The first-order chi connectivity index (χ1) is 7.65. The van der Waals surface area contributed by atoms with E-state index in [1.54, 1.807) is 6.20 Å². The van der Waals surface area contributed by atoms with Crippen LogP contribution in [0.15, 0.2) is 12.4 Å². The first kappa shape index (κ1) is 13.2. The second kappa shape index (κ2) is 6.01. The van der Waals surface area contributed by atoms with E-state index in [0.717, 1.165) is 25.2 Å². The quantitative estimate of drug-likeness (QED) is 0.664. The molecule has 2 atom stereocenters. The summed E-state index contributed by atoms with van der Waals surface area (Å²) in [7, 11) is 0. The number of hydrogen-bond acceptors (Lipinski definition) is 3. The van der Waals surface area contributed by atoms with E-state index in [4.69, 9.17) is 0 Å². The highest BCUT2D eigenvalue weighted by Crippen LogP contribution is 2.21. The van der Waals surface area contributed by atoms with Crippen molar-refractivity contribution in [2.24, 2.45) is 5.41 Å². The summed E-state index contributed by atoms with van der Waals surface area (Å²) >= 11 is 0. The lowest BCUT2D eigenvalue weighted by Crippen LogP contribution is -2.36. The minimum atomic E-state index is -0.0417. The Morgan fingerprint density at radius 3 is 2.75 bits per heavy atom. The lowest BCUT2D eigenvalue weighted by atomic mass is 9.88. The number of H-pyrrole nitrogens is 1. The van der Waals surface area contributed by atoms with Gasteiger partial charge in [-0.2, -0.15) is 0 Å². The normalized spacial score (nSPS) is 17.0. The van der Waals surface area contributed by atoms with Gasteiger partial charge >= 0.3 is 0 Å². The fraction of sp³-hybridized carbons (Fsp3) is 0.750. The van der Waals surface area contributed by atoms with Gasteiger partial charge in [-0.05, 0) is 12.8 Å². The van der Waals surface area contributed by atoms with Crippen LogP contribution in [-0.4, -0.2) is 28.2 Å². The number of aromatic amines is 1. The molecule has 1 rings (SSSR count). The van der Waals surface area contributed by atoms with Crippen molar-refractivity contribution >= 4 is 0 Å². The first-order valence-electron chi connectivity index (χ1n) is 5.98. The molecule has 0 amide bonds. The Hall–Kier alpha value is -0.870. The zero-order chi connectivity index (χ0) is 12.0. The molecule has 3 N–H and O–H groups in total. The summed E-state index contributed by atoms with van der Waals surface area (Å²) in [5, 5.41) is 12.8. The lowest BCUT2D eigenvalue weighted by Gasteiger charge is -2.28. The Morgan fingerprint density at radius 1 is 1.56 bits per heavy atom. The molecule has 4 nitrogen and oxygen atoms in total. The Morgan fingerprint density at radius 2 is 2.31 bits per heavy atom. The third-order valence-electron chi connectivity index (χ3n) is 3.27. The summed E-state index contributed by atoms with van der Waals surface area (Å²) in [6.45, 7) is 7.34. The van der Waals surface area contributed by atoms with E-state index in [0.29, 0.717) is 0 Å². The van der Waals surface area contributed by atoms with Crippen LogP contribution in [0.3, 0.4) is 0 Å². The maximum absolute atomic E-state index is 9.34. The maximum atomic E-state index is 9.34. The predicted molar refractivity (Wildman–Crippen MR) is 65.1 cm³/mol. The predicted octanol–water partition coefficient (Wildman–Crippen LogP) is 1.86. The van der Waals surface area contributed by atoms with Crippen LogP contribution in [0.2, 0.25) is 0 Å². The van der Waals surface area contributed by atoms with Crippen LogP contribution in [0.25, 0.3) is 0 Å². The van der Waals surface area contributed by atoms with Gasteiger partial charge in [0.2, 0.25) is 0 Å². The summed E-state index contributed by atoms with van der Waals surface area (Å²) in [4.78, 5) is 7.38. The van der Waals surface area contributed by atoms with Gasteiger partial charge in [0.25, 0.3) is 0 Å². The van der Waals surface area contributed by atoms with Crippen LogP contribution < -0.4 is 5.32 Å². The highest BCUT2D eigenvalue weighted by molar-refractivity contribution is 4.95. The van der Waals surface area contributed by atoms with Crippen LogP contribution in [0.5, 0.6) is 0 Å². The topological polar surface area (TPSA) is 60.9 Å². The molecule has 2 unspecified atom stereocenters. The van der Waals surface area contributed by atoms with E-state index in [1.807, 2.05) is 6.20 Å². The van der Waals surface area contributed by atoms with Crippen molar-refractivity contribution in [3.8, 4) is 0 Å². The molecular formula is C12H23N3O. The molecule has 4 heteroatoms. The van der Waals surface area contributed by atoms with Gasteiger partial charge in [0.05, 0.1) is 6.04 Å². The number of aromatic nitrogens is 2. The lowest BCUT2D eigenvalue weighted by molar-refractivity contribution is 0.131. The molecule has 0 fully saturated rings. The number of nitrogens with zero attached hydrogens (tertiary/aromatic N) is 1. The van der Waals surface area contributed by atoms with Gasteiger partial charge in [-0.1, -0.05) is 20.8 Å². The highest BCUT2D eigenvalue weighted by atomic mass is 16.3. The summed E-state index contributed by atoms with van der Waals surface area (Å²) in [6.07, 6.45) is 5.55. The van der Waals surface area contributed by atoms with Crippen LogP contribution in [-0.2, 0) is 0 Å². The molecule has 0 spiro atoms. The van der Waals surface area contributed by atoms with Gasteiger partial charge in [0.1, 0.15) is 5.82 Å². The average Bonchev–Trinajstić information content (AvgIpc) is 2.83. The number of imidazole rings is 1. The van der Waals surface area contributed by atoms with Gasteiger partial charge < -0.3 is 15.4 Å². The molecule has 0 saturated heterocycles. The van der Waals surface area contributed by atoms with E-state index < -0.39 is 0 Å². The van der Waals surface area contributed by atoms with E-state index in [-0.39, 0.29) is 18.1 Å². The van der Waals surface area contributed by atoms with Crippen molar-refractivity contribution in [2.45, 2.75) is 39.7 Å². The molecule has 0 radical (unpaired) electrons. The molecular weight excluding hydrogens is 202 g/mol. The van der Waals surface area contributed by atoms with Crippen molar-refractivity contribution in [1.82, 2.24) is 15.3 Å². The van der Waals surface area contributed by atoms with Crippen molar-refractivity contribution in [1.29, 1.82) is 0 Å². The average molecular weight is 225 g/mol. The fourth-order valence-electron chi connectivity index (χ4n) is 1.56. The smallest absolute Gasteiger partial charge is 0.123 e. The summed E-state index contributed by atoms with van der Waals surface area (Å²) < 4.78 is 0. The Bertz CT molecular complexity index is 280. The Balaban J connectivity index is 2.52. The van der Waals surface area contributed by atoms with Gasteiger partial charge in [0, 0.05) is 31.0 Å². The standard InChI is InChI=1S/C12H23N3O/c1-4-10(11-13-6-7-14-11)15-8-12(3,5-2)9-16/h6-7,10,15-16H,4-5,8-9H2,1-3H3,(H,13,14). The van der Waals surface area contributed by atoms with Gasteiger partial charge in [0.15, 0.2) is 0 Å². The number of aliphatic hydroxyl groups is 1. The van der Waals surface area contributed by atoms with Crippen molar-refractivity contribution < 1.29 is 5.11 Å². The van der Waals surface area contributed by atoms with E-state index in [9.17, 15) is 5.11 Å². The SMILES string of the molecule is CCC(NCC(C)(CC)CO)c1ncc[nH]1. The van der Waals surface area contributed by atoms with Crippen molar-refractivity contribution in [3.05, 3.63) is 18.2 Å². The molecule has 1 heterocycles. The number of rotatable bonds is 7. The Labute approximate surface area is 97.5 Å². The molecule has 16 heavy (non-hydrogen) atoms. The summed E-state index contributed by atoms with van der Waals surface area (Å²) in [5.74, 6) is 0.971. The minimum Gasteiger partial charge on any atom is -0.396 e.